The Morgan fingerprint density at radius 2 is 1.84 bits per heavy atom. The Morgan fingerprint density at radius 1 is 1.03 bits per heavy atom. The highest BCUT2D eigenvalue weighted by atomic mass is 16.5. The normalized spacial score (nSPS) is 10.8. The lowest BCUT2D eigenvalue weighted by Gasteiger charge is -2.16. The SMILES string of the molecule is CCOc1ccc2c(c1)c(=O)c1cccnc1n2CC(=O)Nc1ccc(OC)cc1OC. The maximum Gasteiger partial charge on any atom is 0.244 e. The minimum atomic E-state index is -0.292. The molecule has 1 N–H and O–H groups in total. The maximum absolute atomic E-state index is 13.1. The number of rotatable bonds is 7. The summed E-state index contributed by atoms with van der Waals surface area (Å²) in [5.74, 6) is 1.40. The van der Waals surface area contributed by atoms with Gasteiger partial charge in [0, 0.05) is 12.3 Å². The highest BCUT2D eigenvalue weighted by Gasteiger charge is 2.16. The Labute approximate surface area is 184 Å². The number of carbonyl (C=O) groups excluding carboxylic acids is 1. The molecule has 0 aliphatic rings. The third kappa shape index (κ3) is 3.94. The van der Waals surface area contributed by atoms with Gasteiger partial charge in [0.15, 0.2) is 5.43 Å². The van der Waals surface area contributed by atoms with Gasteiger partial charge in [-0.1, -0.05) is 0 Å². The summed E-state index contributed by atoms with van der Waals surface area (Å²) in [6.45, 7) is 2.32. The van der Waals surface area contributed by atoms with Gasteiger partial charge in [-0.2, -0.15) is 0 Å². The highest BCUT2D eigenvalue weighted by Crippen LogP contribution is 2.29. The van der Waals surface area contributed by atoms with E-state index in [0.29, 0.717) is 51.5 Å². The first kappa shape index (κ1) is 21.2. The summed E-state index contributed by atoms with van der Waals surface area (Å²) in [5, 5.41) is 3.76. The molecule has 0 saturated heterocycles. The van der Waals surface area contributed by atoms with Crippen LogP contribution in [0.4, 0.5) is 5.69 Å². The monoisotopic (exact) mass is 433 g/mol. The molecule has 4 rings (SSSR count). The Bertz CT molecular complexity index is 1360. The molecule has 0 aliphatic carbocycles. The number of hydrogen-bond donors (Lipinski definition) is 1. The van der Waals surface area contributed by atoms with Crippen LogP contribution in [0.25, 0.3) is 21.9 Å². The molecule has 8 nitrogen and oxygen atoms in total. The first-order valence-corrected chi connectivity index (χ1v) is 10.1. The van der Waals surface area contributed by atoms with Crippen LogP contribution >= 0.6 is 0 Å². The zero-order valence-electron chi connectivity index (χ0n) is 18.0. The van der Waals surface area contributed by atoms with Crippen LogP contribution in [0.15, 0.2) is 59.5 Å². The molecule has 2 aromatic heterocycles. The average molecular weight is 433 g/mol. The molecule has 0 fully saturated rings. The number of nitrogens with zero attached hydrogens (tertiary/aromatic N) is 2. The van der Waals surface area contributed by atoms with E-state index in [1.807, 2.05) is 6.92 Å². The van der Waals surface area contributed by atoms with Crippen LogP contribution in [-0.2, 0) is 11.3 Å². The van der Waals surface area contributed by atoms with Gasteiger partial charge in [-0.3, -0.25) is 9.59 Å². The zero-order valence-corrected chi connectivity index (χ0v) is 18.0. The van der Waals surface area contributed by atoms with Crippen molar-refractivity contribution in [2.24, 2.45) is 0 Å². The second kappa shape index (κ2) is 8.97. The van der Waals surface area contributed by atoms with Crippen molar-refractivity contribution < 1.29 is 19.0 Å². The third-order valence-electron chi connectivity index (χ3n) is 5.09. The fourth-order valence-corrected chi connectivity index (χ4v) is 3.63. The Kier molecular flexibility index (Phi) is 5.93. The molecule has 0 spiro atoms. The zero-order chi connectivity index (χ0) is 22.7. The Balaban J connectivity index is 1.77. The maximum atomic E-state index is 13.1. The molecule has 0 atom stereocenters. The molecule has 2 aromatic carbocycles. The standard InChI is InChI=1S/C24H23N3O5/c1-4-32-16-8-10-20-18(12-16)23(29)17-6-5-11-25-24(17)27(20)14-22(28)26-19-9-7-15(30-2)13-21(19)31-3/h5-13H,4,14H2,1-3H3,(H,26,28). The van der Waals surface area contributed by atoms with Crippen molar-refractivity contribution >= 4 is 33.5 Å². The van der Waals surface area contributed by atoms with E-state index in [2.05, 4.69) is 10.3 Å². The molecule has 8 heteroatoms. The van der Waals surface area contributed by atoms with Crippen molar-refractivity contribution in [2.45, 2.75) is 13.5 Å². The van der Waals surface area contributed by atoms with Crippen molar-refractivity contribution in [2.75, 3.05) is 26.1 Å². The first-order valence-electron chi connectivity index (χ1n) is 10.1. The predicted molar refractivity (Wildman–Crippen MR) is 123 cm³/mol. The summed E-state index contributed by atoms with van der Waals surface area (Å²) in [7, 11) is 3.08. The summed E-state index contributed by atoms with van der Waals surface area (Å²) < 4.78 is 17.9. The number of fused-ring (bicyclic) bond motifs is 2. The molecular formula is C24H23N3O5. The largest absolute Gasteiger partial charge is 0.497 e. The van der Waals surface area contributed by atoms with E-state index in [9.17, 15) is 9.59 Å². The molecule has 0 aliphatic heterocycles. The van der Waals surface area contributed by atoms with Gasteiger partial charge < -0.3 is 24.1 Å². The van der Waals surface area contributed by atoms with E-state index >= 15 is 0 Å². The summed E-state index contributed by atoms with van der Waals surface area (Å²) >= 11 is 0. The van der Waals surface area contributed by atoms with Crippen molar-refractivity contribution in [1.29, 1.82) is 0 Å². The third-order valence-corrected chi connectivity index (χ3v) is 5.09. The second-order valence-corrected chi connectivity index (χ2v) is 7.02. The predicted octanol–water partition coefficient (Wildman–Crippen LogP) is 3.60. The van der Waals surface area contributed by atoms with Gasteiger partial charge in [0.05, 0.1) is 42.8 Å². The fourth-order valence-electron chi connectivity index (χ4n) is 3.63. The van der Waals surface area contributed by atoms with Gasteiger partial charge in [0.25, 0.3) is 0 Å². The van der Waals surface area contributed by atoms with E-state index in [0.717, 1.165) is 0 Å². The molecule has 32 heavy (non-hydrogen) atoms. The lowest BCUT2D eigenvalue weighted by Crippen LogP contribution is -2.22. The topological polar surface area (TPSA) is 91.7 Å². The van der Waals surface area contributed by atoms with Gasteiger partial charge in [-0.25, -0.2) is 4.98 Å². The summed E-state index contributed by atoms with van der Waals surface area (Å²) in [4.78, 5) is 30.5. The van der Waals surface area contributed by atoms with E-state index in [4.69, 9.17) is 14.2 Å². The van der Waals surface area contributed by atoms with Gasteiger partial charge >= 0.3 is 0 Å². The van der Waals surface area contributed by atoms with Crippen LogP contribution in [0.5, 0.6) is 17.2 Å². The lowest BCUT2D eigenvalue weighted by molar-refractivity contribution is -0.116. The lowest BCUT2D eigenvalue weighted by atomic mass is 10.1. The highest BCUT2D eigenvalue weighted by molar-refractivity contribution is 5.97. The molecule has 0 bridgehead atoms. The number of carbonyl (C=O) groups is 1. The Morgan fingerprint density at radius 3 is 2.59 bits per heavy atom. The van der Waals surface area contributed by atoms with Gasteiger partial charge in [-0.05, 0) is 49.4 Å². The molecular weight excluding hydrogens is 410 g/mol. The number of pyridine rings is 2. The minimum absolute atomic E-state index is 0.0482. The van der Waals surface area contributed by atoms with Gasteiger partial charge in [0.1, 0.15) is 29.4 Å². The van der Waals surface area contributed by atoms with E-state index < -0.39 is 0 Å². The van der Waals surface area contributed by atoms with Crippen LogP contribution in [0.3, 0.4) is 0 Å². The summed E-state index contributed by atoms with van der Waals surface area (Å²) in [6, 6.07) is 13.8. The molecule has 0 saturated carbocycles. The number of nitrogens with one attached hydrogen (secondary N) is 1. The Hall–Kier alpha value is -4.07. The number of anilines is 1. The smallest absolute Gasteiger partial charge is 0.244 e. The number of ether oxygens (including phenoxy) is 3. The van der Waals surface area contributed by atoms with Gasteiger partial charge in [-0.15, -0.1) is 0 Å². The quantitative estimate of drug-likeness (QED) is 0.448. The molecule has 2 heterocycles. The molecule has 164 valence electrons. The summed E-state index contributed by atoms with van der Waals surface area (Å²) in [5.41, 5.74) is 1.39. The molecule has 0 unspecified atom stereocenters. The van der Waals surface area contributed by atoms with E-state index in [1.165, 1.54) is 7.11 Å². The van der Waals surface area contributed by atoms with E-state index in [-0.39, 0.29) is 17.9 Å². The van der Waals surface area contributed by atoms with Crippen LogP contribution < -0.4 is 25.0 Å². The van der Waals surface area contributed by atoms with Crippen molar-refractivity contribution in [1.82, 2.24) is 9.55 Å². The number of benzene rings is 2. The number of hydrogen-bond acceptors (Lipinski definition) is 6. The number of methoxy groups -OCH3 is 2. The van der Waals surface area contributed by atoms with Crippen molar-refractivity contribution in [3.05, 3.63) is 65.0 Å². The van der Waals surface area contributed by atoms with E-state index in [1.54, 1.807) is 66.4 Å². The van der Waals surface area contributed by atoms with Crippen LogP contribution in [0.1, 0.15) is 6.92 Å². The van der Waals surface area contributed by atoms with Crippen LogP contribution in [0, 0.1) is 0 Å². The number of aromatic nitrogens is 2. The second-order valence-electron chi connectivity index (χ2n) is 7.02. The van der Waals surface area contributed by atoms with Crippen LogP contribution in [-0.4, -0.2) is 36.3 Å². The summed E-state index contributed by atoms with van der Waals surface area (Å²) in [6.07, 6.45) is 1.60. The van der Waals surface area contributed by atoms with Crippen molar-refractivity contribution in [3.8, 4) is 17.2 Å². The molecule has 1 amide bonds. The van der Waals surface area contributed by atoms with Crippen LogP contribution in [0.2, 0.25) is 0 Å². The molecule has 0 radical (unpaired) electrons. The molecule has 4 aromatic rings. The average Bonchev–Trinajstić information content (AvgIpc) is 2.82. The minimum Gasteiger partial charge on any atom is -0.497 e. The number of amides is 1. The first-order chi connectivity index (χ1) is 15.5. The van der Waals surface area contributed by atoms with Crippen molar-refractivity contribution in [3.63, 3.8) is 0 Å². The fraction of sp³-hybridized carbons (Fsp3) is 0.208. The van der Waals surface area contributed by atoms with Gasteiger partial charge in [0.2, 0.25) is 5.91 Å².